The molecule has 5 heteroatoms. The molecule has 2 N–H and O–H groups in total. The maximum atomic E-state index is 12.3. The van der Waals surface area contributed by atoms with E-state index in [0.29, 0.717) is 17.1 Å². The summed E-state index contributed by atoms with van der Waals surface area (Å²) in [6.07, 6.45) is 0. The van der Waals surface area contributed by atoms with E-state index < -0.39 is 10.0 Å². The van der Waals surface area contributed by atoms with Crippen molar-refractivity contribution in [2.24, 2.45) is 5.92 Å². The summed E-state index contributed by atoms with van der Waals surface area (Å²) in [5.74, 6) is 0.256. The summed E-state index contributed by atoms with van der Waals surface area (Å²) >= 11 is 0. The second-order valence-corrected chi connectivity index (χ2v) is 6.36. The van der Waals surface area contributed by atoms with Crippen molar-refractivity contribution in [2.45, 2.75) is 38.6 Å². The highest BCUT2D eigenvalue weighted by molar-refractivity contribution is 7.89. The summed E-state index contributed by atoms with van der Waals surface area (Å²) in [6.45, 7) is 8.48. The molecule has 1 aromatic rings. The van der Waals surface area contributed by atoms with E-state index in [1.807, 2.05) is 33.8 Å². The average Bonchev–Trinajstić information content (AvgIpc) is 2.29. The van der Waals surface area contributed by atoms with Crippen LogP contribution in [0.15, 0.2) is 29.2 Å². The lowest BCUT2D eigenvalue weighted by molar-refractivity contribution is 0.476. The van der Waals surface area contributed by atoms with Gasteiger partial charge in [-0.1, -0.05) is 26.0 Å². The molecule has 0 aromatic heterocycles. The predicted molar refractivity (Wildman–Crippen MR) is 75.2 cm³/mol. The third-order valence-electron chi connectivity index (χ3n) is 2.88. The monoisotopic (exact) mass is 270 g/mol. The highest BCUT2D eigenvalue weighted by Crippen LogP contribution is 2.21. The third kappa shape index (κ3) is 3.71. The summed E-state index contributed by atoms with van der Waals surface area (Å²) in [5, 5.41) is 3.07. The maximum absolute atomic E-state index is 12.3. The van der Waals surface area contributed by atoms with Gasteiger partial charge in [0.25, 0.3) is 0 Å². The van der Waals surface area contributed by atoms with Crippen LogP contribution in [0.1, 0.15) is 27.7 Å². The Balaban J connectivity index is 3.05. The number of hydrogen-bond donors (Lipinski definition) is 2. The zero-order valence-corrected chi connectivity index (χ0v) is 12.2. The van der Waals surface area contributed by atoms with E-state index in [-0.39, 0.29) is 12.0 Å². The fourth-order valence-corrected chi connectivity index (χ4v) is 3.06. The van der Waals surface area contributed by atoms with E-state index in [1.165, 1.54) is 0 Å². The van der Waals surface area contributed by atoms with Crippen molar-refractivity contribution in [3.05, 3.63) is 24.3 Å². The van der Waals surface area contributed by atoms with Crippen LogP contribution in [0.5, 0.6) is 0 Å². The molecule has 0 bridgehead atoms. The molecule has 1 aromatic carbocycles. The Kier molecular flexibility index (Phi) is 5.16. The van der Waals surface area contributed by atoms with E-state index in [2.05, 4.69) is 10.0 Å². The van der Waals surface area contributed by atoms with Gasteiger partial charge in [-0.05, 0) is 31.9 Å². The first-order valence-corrected chi connectivity index (χ1v) is 7.72. The fourth-order valence-electron chi connectivity index (χ4n) is 1.48. The van der Waals surface area contributed by atoms with Crippen molar-refractivity contribution in [1.82, 2.24) is 4.72 Å². The normalized spacial score (nSPS) is 13.6. The van der Waals surface area contributed by atoms with Gasteiger partial charge in [0, 0.05) is 12.6 Å². The summed E-state index contributed by atoms with van der Waals surface area (Å²) in [7, 11) is -3.47. The minimum Gasteiger partial charge on any atom is -0.384 e. The summed E-state index contributed by atoms with van der Waals surface area (Å²) < 4.78 is 27.3. The minimum absolute atomic E-state index is 0.0929. The highest BCUT2D eigenvalue weighted by Gasteiger charge is 2.21. The van der Waals surface area contributed by atoms with E-state index in [9.17, 15) is 8.42 Å². The molecule has 0 heterocycles. The molecule has 18 heavy (non-hydrogen) atoms. The molecule has 0 amide bonds. The van der Waals surface area contributed by atoms with Gasteiger partial charge in [-0.15, -0.1) is 0 Å². The summed E-state index contributed by atoms with van der Waals surface area (Å²) in [4.78, 5) is 0.305. The van der Waals surface area contributed by atoms with Crippen molar-refractivity contribution in [2.75, 3.05) is 11.9 Å². The second kappa shape index (κ2) is 6.20. The Morgan fingerprint density at radius 1 is 1.17 bits per heavy atom. The van der Waals surface area contributed by atoms with Gasteiger partial charge < -0.3 is 5.32 Å². The molecule has 0 radical (unpaired) electrons. The molecule has 0 fully saturated rings. The van der Waals surface area contributed by atoms with Crippen LogP contribution >= 0.6 is 0 Å². The Morgan fingerprint density at radius 3 is 2.33 bits per heavy atom. The van der Waals surface area contributed by atoms with Crippen molar-refractivity contribution in [3.63, 3.8) is 0 Å². The Labute approximate surface area is 110 Å². The molecule has 1 unspecified atom stereocenters. The molecule has 1 atom stereocenters. The fraction of sp³-hybridized carbons (Fsp3) is 0.538. The lowest BCUT2D eigenvalue weighted by Crippen LogP contribution is -2.36. The van der Waals surface area contributed by atoms with Crippen molar-refractivity contribution in [1.29, 1.82) is 0 Å². The topological polar surface area (TPSA) is 58.2 Å². The third-order valence-corrected chi connectivity index (χ3v) is 4.50. The second-order valence-electron chi connectivity index (χ2n) is 4.68. The molecule has 0 saturated heterocycles. The van der Waals surface area contributed by atoms with Crippen molar-refractivity contribution in [3.8, 4) is 0 Å². The Bertz CT molecular complexity index is 484. The molecule has 1 rings (SSSR count). The molecule has 0 saturated carbocycles. The minimum atomic E-state index is -3.47. The summed E-state index contributed by atoms with van der Waals surface area (Å²) in [5.41, 5.74) is 0.642. The number of benzene rings is 1. The first-order valence-electron chi connectivity index (χ1n) is 6.23. The number of anilines is 1. The maximum Gasteiger partial charge on any atom is 0.242 e. The average molecular weight is 270 g/mol. The lowest BCUT2D eigenvalue weighted by Gasteiger charge is -2.19. The van der Waals surface area contributed by atoms with Crippen LogP contribution in [0.2, 0.25) is 0 Å². The van der Waals surface area contributed by atoms with E-state index in [4.69, 9.17) is 0 Å². The molecule has 0 aliphatic rings. The van der Waals surface area contributed by atoms with E-state index in [1.54, 1.807) is 18.2 Å². The largest absolute Gasteiger partial charge is 0.384 e. The highest BCUT2D eigenvalue weighted by atomic mass is 32.2. The van der Waals surface area contributed by atoms with Gasteiger partial charge >= 0.3 is 0 Å². The summed E-state index contributed by atoms with van der Waals surface area (Å²) in [6, 6.07) is 6.86. The predicted octanol–water partition coefficient (Wildman–Crippen LogP) is 2.44. The zero-order chi connectivity index (χ0) is 13.8. The van der Waals surface area contributed by atoms with Crippen LogP contribution in [-0.4, -0.2) is 21.0 Å². The first-order chi connectivity index (χ1) is 8.38. The Morgan fingerprint density at radius 2 is 1.78 bits per heavy atom. The smallest absolute Gasteiger partial charge is 0.242 e. The van der Waals surface area contributed by atoms with Gasteiger partial charge in [0.2, 0.25) is 10.0 Å². The van der Waals surface area contributed by atoms with Gasteiger partial charge in [-0.2, -0.15) is 0 Å². The van der Waals surface area contributed by atoms with Crippen molar-refractivity contribution >= 4 is 15.7 Å². The van der Waals surface area contributed by atoms with Crippen LogP contribution in [0.3, 0.4) is 0 Å². The van der Waals surface area contributed by atoms with Crippen LogP contribution < -0.4 is 10.0 Å². The van der Waals surface area contributed by atoms with Crippen LogP contribution in [0, 0.1) is 5.92 Å². The van der Waals surface area contributed by atoms with Gasteiger partial charge in [0.15, 0.2) is 0 Å². The molecular formula is C13H22N2O2S. The number of sulfonamides is 1. The van der Waals surface area contributed by atoms with E-state index >= 15 is 0 Å². The van der Waals surface area contributed by atoms with Gasteiger partial charge in [0.1, 0.15) is 4.90 Å². The van der Waals surface area contributed by atoms with Gasteiger partial charge in [-0.3, -0.25) is 0 Å². The Hall–Kier alpha value is -1.07. The van der Waals surface area contributed by atoms with Gasteiger partial charge in [0.05, 0.1) is 5.69 Å². The van der Waals surface area contributed by atoms with Crippen LogP contribution in [0.25, 0.3) is 0 Å². The standard InChI is InChI=1S/C13H22N2O2S/c1-5-14-12-8-6-7-9-13(12)18(16,17)15-11(4)10(2)3/h6-11,14-15H,5H2,1-4H3. The molecule has 4 nitrogen and oxygen atoms in total. The quantitative estimate of drug-likeness (QED) is 0.834. The lowest BCUT2D eigenvalue weighted by atomic mass is 10.1. The molecule has 0 spiro atoms. The zero-order valence-electron chi connectivity index (χ0n) is 11.4. The number of nitrogens with one attached hydrogen (secondary N) is 2. The molecule has 0 aliphatic heterocycles. The van der Waals surface area contributed by atoms with Crippen LogP contribution in [-0.2, 0) is 10.0 Å². The first kappa shape index (κ1) is 15.0. The molecule has 0 aliphatic carbocycles. The molecule has 102 valence electrons. The van der Waals surface area contributed by atoms with Gasteiger partial charge in [-0.25, -0.2) is 13.1 Å². The van der Waals surface area contributed by atoms with E-state index in [0.717, 1.165) is 0 Å². The SMILES string of the molecule is CCNc1ccccc1S(=O)(=O)NC(C)C(C)C. The van der Waals surface area contributed by atoms with Crippen LogP contribution in [0.4, 0.5) is 5.69 Å². The molecular weight excluding hydrogens is 248 g/mol. The number of rotatable bonds is 6. The number of para-hydroxylation sites is 1. The van der Waals surface area contributed by atoms with Crippen molar-refractivity contribution < 1.29 is 8.42 Å². The number of hydrogen-bond acceptors (Lipinski definition) is 3.